The molecule has 0 unspecified atom stereocenters. The van der Waals surface area contributed by atoms with Gasteiger partial charge in [0.2, 0.25) is 0 Å². The van der Waals surface area contributed by atoms with Gasteiger partial charge in [0.05, 0.1) is 4.92 Å². The first-order valence-electron chi connectivity index (χ1n) is 5.55. The summed E-state index contributed by atoms with van der Waals surface area (Å²) in [6, 6.07) is 12.0. The van der Waals surface area contributed by atoms with E-state index >= 15 is 0 Å². The predicted octanol–water partition coefficient (Wildman–Crippen LogP) is 4.00. The van der Waals surface area contributed by atoms with E-state index in [4.69, 9.17) is 4.74 Å². The molecule has 18 heavy (non-hydrogen) atoms. The number of nitro benzene ring substituents is 1. The maximum absolute atomic E-state index is 10.5. The number of nitrogens with zero attached hydrogens (tertiary/aromatic N) is 1. The molecule has 0 radical (unpaired) electrons. The molecule has 0 spiro atoms. The number of aryl methyl sites for hydroxylation is 2. The molecule has 2 aromatic carbocycles. The molecule has 0 amide bonds. The topological polar surface area (TPSA) is 52.4 Å². The Kier molecular flexibility index (Phi) is 3.28. The number of nitro groups is 1. The number of non-ortho nitro benzene ring substituents is 1. The van der Waals surface area contributed by atoms with Crippen molar-refractivity contribution >= 4 is 5.69 Å². The van der Waals surface area contributed by atoms with Crippen LogP contribution in [0.3, 0.4) is 0 Å². The van der Waals surface area contributed by atoms with Crippen LogP contribution < -0.4 is 4.74 Å². The van der Waals surface area contributed by atoms with Crippen molar-refractivity contribution in [1.82, 2.24) is 0 Å². The van der Waals surface area contributed by atoms with Crippen LogP contribution in [0.4, 0.5) is 5.69 Å². The van der Waals surface area contributed by atoms with Crippen LogP contribution in [-0.4, -0.2) is 4.92 Å². The third-order valence-electron chi connectivity index (χ3n) is 2.48. The molecular formula is C14H13NO3. The molecule has 0 saturated heterocycles. The van der Waals surface area contributed by atoms with Gasteiger partial charge in [-0.1, -0.05) is 6.07 Å². The van der Waals surface area contributed by atoms with Gasteiger partial charge in [-0.2, -0.15) is 0 Å². The van der Waals surface area contributed by atoms with Crippen LogP contribution in [0, 0.1) is 24.0 Å². The molecule has 4 nitrogen and oxygen atoms in total. The highest BCUT2D eigenvalue weighted by molar-refractivity contribution is 5.40. The molecule has 92 valence electrons. The smallest absolute Gasteiger partial charge is 0.269 e. The minimum Gasteiger partial charge on any atom is -0.457 e. The molecular weight excluding hydrogens is 230 g/mol. The van der Waals surface area contributed by atoms with Gasteiger partial charge >= 0.3 is 0 Å². The Balaban J connectivity index is 2.20. The Morgan fingerprint density at radius 2 is 1.50 bits per heavy atom. The van der Waals surface area contributed by atoms with Crippen LogP contribution in [0.1, 0.15) is 11.1 Å². The van der Waals surface area contributed by atoms with Crippen molar-refractivity contribution in [1.29, 1.82) is 0 Å². The largest absolute Gasteiger partial charge is 0.457 e. The third kappa shape index (κ3) is 2.85. The van der Waals surface area contributed by atoms with Crippen molar-refractivity contribution < 1.29 is 9.66 Å². The molecule has 0 N–H and O–H groups in total. The molecule has 4 heteroatoms. The second-order valence-electron chi connectivity index (χ2n) is 4.18. The average Bonchev–Trinajstić information content (AvgIpc) is 2.28. The van der Waals surface area contributed by atoms with Gasteiger partial charge in [-0.25, -0.2) is 0 Å². The fourth-order valence-electron chi connectivity index (χ4n) is 1.76. The van der Waals surface area contributed by atoms with Crippen molar-refractivity contribution in [3.63, 3.8) is 0 Å². The molecule has 0 heterocycles. The monoisotopic (exact) mass is 243 g/mol. The second kappa shape index (κ2) is 4.87. The van der Waals surface area contributed by atoms with E-state index in [0.29, 0.717) is 5.75 Å². The van der Waals surface area contributed by atoms with E-state index in [9.17, 15) is 10.1 Å². The minimum atomic E-state index is -0.430. The van der Waals surface area contributed by atoms with Gasteiger partial charge in [0, 0.05) is 12.1 Å². The Morgan fingerprint density at radius 1 is 0.944 bits per heavy atom. The van der Waals surface area contributed by atoms with Crippen molar-refractivity contribution in [2.24, 2.45) is 0 Å². The van der Waals surface area contributed by atoms with E-state index in [1.165, 1.54) is 12.1 Å². The van der Waals surface area contributed by atoms with Crippen molar-refractivity contribution in [2.45, 2.75) is 13.8 Å². The maximum Gasteiger partial charge on any atom is 0.269 e. The predicted molar refractivity (Wildman–Crippen MR) is 69.1 cm³/mol. The minimum absolute atomic E-state index is 0.0581. The quantitative estimate of drug-likeness (QED) is 0.604. The first-order valence-corrected chi connectivity index (χ1v) is 5.55. The first-order chi connectivity index (χ1) is 8.54. The lowest BCUT2D eigenvalue weighted by Crippen LogP contribution is -1.89. The van der Waals surface area contributed by atoms with Crippen molar-refractivity contribution in [3.8, 4) is 11.5 Å². The van der Waals surface area contributed by atoms with Gasteiger partial charge in [0.15, 0.2) is 0 Å². The van der Waals surface area contributed by atoms with Gasteiger partial charge in [-0.3, -0.25) is 10.1 Å². The lowest BCUT2D eigenvalue weighted by Gasteiger charge is -2.07. The summed E-state index contributed by atoms with van der Waals surface area (Å²) in [5.41, 5.74) is 2.29. The molecule has 0 aliphatic heterocycles. The highest BCUT2D eigenvalue weighted by atomic mass is 16.6. The molecule has 0 bridgehead atoms. The Hall–Kier alpha value is -2.36. The summed E-state index contributed by atoms with van der Waals surface area (Å²) in [6.07, 6.45) is 0. The zero-order chi connectivity index (χ0) is 13.1. The summed E-state index contributed by atoms with van der Waals surface area (Å²) in [5, 5.41) is 10.5. The average molecular weight is 243 g/mol. The summed E-state index contributed by atoms with van der Waals surface area (Å²) in [6.45, 7) is 3.99. The number of hydrogen-bond donors (Lipinski definition) is 0. The van der Waals surface area contributed by atoms with Crippen LogP contribution in [0.5, 0.6) is 11.5 Å². The van der Waals surface area contributed by atoms with Crippen LogP contribution in [0.2, 0.25) is 0 Å². The molecule has 0 aliphatic carbocycles. The summed E-state index contributed by atoms with van der Waals surface area (Å²) in [5.74, 6) is 1.33. The first kappa shape index (κ1) is 12.1. The van der Waals surface area contributed by atoms with Gasteiger partial charge in [-0.05, 0) is 49.2 Å². The molecule has 0 saturated carbocycles. The summed E-state index contributed by atoms with van der Waals surface area (Å²) < 4.78 is 5.65. The zero-order valence-electron chi connectivity index (χ0n) is 10.2. The van der Waals surface area contributed by atoms with E-state index in [1.54, 1.807) is 12.1 Å². The maximum atomic E-state index is 10.5. The fourth-order valence-corrected chi connectivity index (χ4v) is 1.76. The van der Waals surface area contributed by atoms with E-state index in [-0.39, 0.29) is 5.69 Å². The number of benzene rings is 2. The Labute approximate surface area is 105 Å². The molecule has 2 rings (SSSR count). The van der Waals surface area contributed by atoms with E-state index in [0.717, 1.165) is 16.9 Å². The van der Waals surface area contributed by atoms with Crippen LogP contribution in [0.15, 0.2) is 42.5 Å². The van der Waals surface area contributed by atoms with Crippen molar-refractivity contribution in [3.05, 3.63) is 63.7 Å². The summed E-state index contributed by atoms with van der Waals surface area (Å²) in [7, 11) is 0. The van der Waals surface area contributed by atoms with Gasteiger partial charge < -0.3 is 4.74 Å². The highest BCUT2D eigenvalue weighted by Crippen LogP contribution is 2.25. The molecule has 2 aromatic rings. The molecule has 0 atom stereocenters. The van der Waals surface area contributed by atoms with E-state index in [2.05, 4.69) is 6.07 Å². The zero-order valence-corrected chi connectivity index (χ0v) is 10.2. The number of ether oxygens (including phenoxy) is 1. The van der Waals surface area contributed by atoms with Crippen LogP contribution in [0.25, 0.3) is 0 Å². The van der Waals surface area contributed by atoms with Crippen LogP contribution in [-0.2, 0) is 0 Å². The van der Waals surface area contributed by atoms with E-state index in [1.807, 2.05) is 26.0 Å². The standard InChI is InChI=1S/C14H13NO3/c1-10-7-11(2)9-14(8-10)18-13-5-3-12(4-6-13)15(16)17/h3-9H,1-2H3. The highest BCUT2D eigenvalue weighted by Gasteiger charge is 2.05. The molecule has 0 fully saturated rings. The van der Waals surface area contributed by atoms with Gasteiger partial charge in [-0.15, -0.1) is 0 Å². The normalized spacial score (nSPS) is 10.1. The van der Waals surface area contributed by atoms with Crippen LogP contribution >= 0.6 is 0 Å². The second-order valence-corrected chi connectivity index (χ2v) is 4.18. The Morgan fingerprint density at radius 3 is 2.00 bits per heavy atom. The summed E-state index contributed by atoms with van der Waals surface area (Å²) in [4.78, 5) is 10.1. The number of rotatable bonds is 3. The SMILES string of the molecule is Cc1cc(C)cc(Oc2ccc([N+](=O)[O-])cc2)c1. The lowest BCUT2D eigenvalue weighted by atomic mass is 10.1. The molecule has 0 aromatic heterocycles. The summed E-state index contributed by atoms with van der Waals surface area (Å²) >= 11 is 0. The van der Waals surface area contributed by atoms with Gasteiger partial charge in [0.25, 0.3) is 5.69 Å². The number of hydrogen-bond acceptors (Lipinski definition) is 3. The lowest BCUT2D eigenvalue weighted by molar-refractivity contribution is -0.384. The third-order valence-corrected chi connectivity index (χ3v) is 2.48. The Bertz CT molecular complexity index is 556. The van der Waals surface area contributed by atoms with E-state index < -0.39 is 4.92 Å². The fraction of sp³-hybridized carbons (Fsp3) is 0.143. The molecule has 0 aliphatic rings. The van der Waals surface area contributed by atoms with Crippen molar-refractivity contribution in [2.75, 3.05) is 0 Å². The van der Waals surface area contributed by atoms with Gasteiger partial charge in [0.1, 0.15) is 11.5 Å².